The standard InChI is InChI=1S/C14H19NO2/c1-10-5-3-4-6-12(10)13-9-11(14(16)17)7-8-15(13)2/h3-6,11,13H,7-9H2,1-2H3,(H,16,17). The number of benzene rings is 1. The minimum atomic E-state index is -0.656. The highest BCUT2D eigenvalue weighted by Crippen LogP contribution is 2.34. The van der Waals surface area contributed by atoms with Crippen LogP contribution >= 0.6 is 0 Å². The third-order valence-corrected chi connectivity index (χ3v) is 3.77. The highest BCUT2D eigenvalue weighted by Gasteiger charge is 2.31. The Labute approximate surface area is 102 Å². The highest BCUT2D eigenvalue weighted by atomic mass is 16.4. The van der Waals surface area contributed by atoms with Crippen LogP contribution in [-0.2, 0) is 4.79 Å². The summed E-state index contributed by atoms with van der Waals surface area (Å²) in [6.07, 6.45) is 1.48. The van der Waals surface area contributed by atoms with Crippen LogP contribution in [0.5, 0.6) is 0 Å². The summed E-state index contributed by atoms with van der Waals surface area (Å²) < 4.78 is 0. The first-order valence-electron chi connectivity index (χ1n) is 6.08. The Bertz CT molecular complexity index is 416. The molecule has 3 nitrogen and oxygen atoms in total. The minimum Gasteiger partial charge on any atom is -0.481 e. The topological polar surface area (TPSA) is 40.5 Å². The van der Waals surface area contributed by atoms with Gasteiger partial charge in [-0.15, -0.1) is 0 Å². The van der Waals surface area contributed by atoms with Crippen LogP contribution in [0.4, 0.5) is 0 Å². The van der Waals surface area contributed by atoms with Crippen molar-refractivity contribution in [3.8, 4) is 0 Å². The van der Waals surface area contributed by atoms with Gasteiger partial charge in [-0.1, -0.05) is 24.3 Å². The van der Waals surface area contributed by atoms with Gasteiger partial charge in [0.15, 0.2) is 0 Å². The molecule has 1 N–H and O–H groups in total. The van der Waals surface area contributed by atoms with Crippen LogP contribution in [0.1, 0.15) is 30.0 Å². The van der Waals surface area contributed by atoms with Crippen LogP contribution in [0.2, 0.25) is 0 Å². The number of aryl methyl sites for hydroxylation is 1. The van der Waals surface area contributed by atoms with Crippen LogP contribution in [0.25, 0.3) is 0 Å². The van der Waals surface area contributed by atoms with E-state index in [9.17, 15) is 4.79 Å². The van der Waals surface area contributed by atoms with Crippen molar-refractivity contribution in [1.29, 1.82) is 0 Å². The van der Waals surface area contributed by atoms with Crippen molar-refractivity contribution in [2.24, 2.45) is 5.92 Å². The number of aliphatic carboxylic acids is 1. The number of likely N-dealkylation sites (tertiary alicyclic amines) is 1. The predicted octanol–water partition coefficient (Wildman–Crippen LogP) is 2.46. The van der Waals surface area contributed by atoms with Crippen LogP contribution in [0.15, 0.2) is 24.3 Å². The van der Waals surface area contributed by atoms with Gasteiger partial charge in [0.25, 0.3) is 0 Å². The Kier molecular flexibility index (Phi) is 3.48. The minimum absolute atomic E-state index is 0.198. The number of carboxylic acids is 1. The Morgan fingerprint density at radius 1 is 1.41 bits per heavy atom. The fourth-order valence-corrected chi connectivity index (χ4v) is 2.63. The molecule has 3 heteroatoms. The molecule has 1 aliphatic rings. The second-order valence-corrected chi connectivity index (χ2v) is 4.91. The van der Waals surface area contributed by atoms with E-state index < -0.39 is 5.97 Å². The molecule has 1 aliphatic heterocycles. The molecule has 0 aromatic heterocycles. The first-order chi connectivity index (χ1) is 8.09. The third-order valence-electron chi connectivity index (χ3n) is 3.77. The van der Waals surface area contributed by atoms with Crippen LogP contribution in [-0.4, -0.2) is 29.6 Å². The van der Waals surface area contributed by atoms with E-state index in [0.29, 0.717) is 0 Å². The van der Waals surface area contributed by atoms with Crippen molar-refractivity contribution in [2.75, 3.05) is 13.6 Å². The molecule has 2 unspecified atom stereocenters. The maximum absolute atomic E-state index is 11.1. The number of rotatable bonds is 2. The lowest BCUT2D eigenvalue weighted by Crippen LogP contribution is -2.36. The van der Waals surface area contributed by atoms with Crippen molar-refractivity contribution >= 4 is 5.97 Å². The molecule has 0 amide bonds. The van der Waals surface area contributed by atoms with Crippen LogP contribution in [0, 0.1) is 12.8 Å². The van der Waals surface area contributed by atoms with E-state index in [-0.39, 0.29) is 12.0 Å². The van der Waals surface area contributed by atoms with Crippen molar-refractivity contribution < 1.29 is 9.90 Å². The van der Waals surface area contributed by atoms with Crippen molar-refractivity contribution in [3.05, 3.63) is 35.4 Å². The van der Waals surface area contributed by atoms with Gasteiger partial charge in [0.1, 0.15) is 0 Å². The Morgan fingerprint density at radius 3 is 2.76 bits per heavy atom. The molecule has 1 saturated heterocycles. The lowest BCUT2D eigenvalue weighted by molar-refractivity contribution is -0.144. The summed E-state index contributed by atoms with van der Waals surface area (Å²) in [4.78, 5) is 13.4. The second kappa shape index (κ2) is 4.88. The molecule has 1 aromatic rings. The van der Waals surface area contributed by atoms with E-state index >= 15 is 0 Å². The highest BCUT2D eigenvalue weighted by molar-refractivity contribution is 5.70. The van der Waals surface area contributed by atoms with Gasteiger partial charge < -0.3 is 5.11 Å². The zero-order valence-corrected chi connectivity index (χ0v) is 10.4. The molecule has 0 aliphatic carbocycles. The molecule has 1 fully saturated rings. The molecule has 17 heavy (non-hydrogen) atoms. The lowest BCUT2D eigenvalue weighted by Gasteiger charge is -2.36. The summed E-state index contributed by atoms with van der Waals surface area (Å²) in [6, 6.07) is 8.50. The van der Waals surface area contributed by atoms with Crippen molar-refractivity contribution in [1.82, 2.24) is 4.90 Å². The molecule has 0 radical (unpaired) electrons. The average Bonchev–Trinajstić information content (AvgIpc) is 2.30. The van der Waals surface area contributed by atoms with Gasteiger partial charge in [0, 0.05) is 6.04 Å². The maximum atomic E-state index is 11.1. The number of carbonyl (C=O) groups is 1. The first kappa shape index (κ1) is 12.1. The monoisotopic (exact) mass is 233 g/mol. The SMILES string of the molecule is Cc1ccccc1C1CC(C(=O)O)CCN1C. The van der Waals surface area contributed by atoms with E-state index in [1.165, 1.54) is 11.1 Å². The van der Waals surface area contributed by atoms with E-state index in [1.807, 2.05) is 12.1 Å². The molecule has 0 saturated carbocycles. The van der Waals surface area contributed by atoms with Gasteiger partial charge in [-0.2, -0.15) is 0 Å². The first-order valence-corrected chi connectivity index (χ1v) is 6.08. The number of hydrogen-bond acceptors (Lipinski definition) is 2. The zero-order chi connectivity index (χ0) is 12.4. The van der Waals surface area contributed by atoms with Gasteiger partial charge in [0.05, 0.1) is 5.92 Å². The average molecular weight is 233 g/mol. The number of carboxylic acid groups (broad SMARTS) is 1. The van der Waals surface area contributed by atoms with Gasteiger partial charge >= 0.3 is 5.97 Å². The molecular weight excluding hydrogens is 214 g/mol. The number of nitrogens with zero attached hydrogens (tertiary/aromatic N) is 1. The van der Waals surface area contributed by atoms with E-state index in [1.54, 1.807) is 0 Å². The predicted molar refractivity (Wildman–Crippen MR) is 66.9 cm³/mol. The summed E-state index contributed by atoms with van der Waals surface area (Å²) in [5, 5.41) is 9.14. The van der Waals surface area contributed by atoms with Crippen molar-refractivity contribution in [3.63, 3.8) is 0 Å². The van der Waals surface area contributed by atoms with Crippen LogP contribution < -0.4 is 0 Å². The molecule has 92 valence electrons. The quantitative estimate of drug-likeness (QED) is 0.853. The smallest absolute Gasteiger partial charge is 0.306 e. The molecule has 2 rings (SSSR count). The molecule has 0 bridgehead atoms. The Balaban J connectivity index is 2.24. The summed E-state index contributed by atoms with van der Waals surface area (Å²) in [6.45, 7) is 2.95. The number of hydrogen-bond donors (Lipinski definition) is 1. The Morgan fingerprint density at radius 2 is 2.12 bits per heavy atom. The van der Waals surface area contributed by atoms with Gasteiger partial charge in [-0.3, -0.25) is 9.69 Å². The summed E-state index contributed by atoms with van der Waals surface area (Å²) >= 11 is 0. The fraction of sp³-hybridized carbons (Fsp3) is 0.500. The molecule has 1 aromatic carbocycles. The molecule has 2 atom stereocenters. The largest absolute Gasteiger partial charge is 0.481 e. The van der Waals surface area contributed by atoms with E-state index in [2.05, 4.69) is 31.0 Å². The lowest BCUT2D eigenvalue weighted by atomic mass is 9.86. The normalized spacial score (nSPS) is 25.8. The molecular formula is C14H19NO2. The summed E-state index contributed by atoms with van der Waals surface area (Å²) in [7, 11) is 2.08. The Hall–Kier alpha value is -1.35. The van der Waals surface area contributed by atoms with E-state index in [0.717, 1.165) is 19.4 Å². The van der Waals surface area contributed by atoms with Gasteiger partial charge in [0.2, 0.25) is 0 Å². The van der Waals surface area contributed by atoms with E-state index in [4.69, 9.17) is 5.11 Å². The molecule has 1 heterocycles. The zero-order valence-electron chi connectivity index (χ0n) is 10.4. The second-order valence-electron chi connectivity index (χ2n) is 4.91. The third kappa shape index (κ3) is 2.50. The maximum Gasteiger partial charge on any atom is 0.306 e. The molecule has 0 spiro atoms. The van der Waals surface area contributed by atoms with Crippen molar-refractivity contribution in [2.45, 2.75) is 25.8 Å². The summed E-state index contributed by atoms with van der Waals surface area (Å²) in [5.74, 6) is -0.854. The summed E-state index contributed by atoms with van der Waals surface area (Å²) in [5.41, 5.74) is 2.51. The number of piperidine rings is 1. The fourth-order valence-electron chi connectivity index (χ4n) is 2.63. The van der Waals surface area contributed by atoms with Gasteiger partial charge in [-0.25, -0.2) is 0 Å². The van der Waals surface area contributed by atoms with Crippen LogP contribution in [0.3, 0.4) is 0 Å². The van der Waals surface area contributed by atoms with Gasteiger partial charge in [-0.05, 0) is 44.5 Å².